The van der Waals surface area contributed by atoms with Crippen molar-refractivity contribution in [3.63, 3.8) is 0 Å². The van der Waals surface area contributed by atoms with E-state index in [0.717, 1.165) is 6.42 Å². The maximum absolute atomic E-state index is 6.30. The fourth-order valence-corrected chi connectivity index (χ4v) is 2.98. The largest absolute Gasteiger partial charge is 0.326 e. The van der Waals surface area contributed by atoms with Crippen molar-refractivity contribution >= 4 is 0 Å². The first-order chi connectivity index (χ1) is 6.88. The van der Waals surface area contributed by atoms with Crippen LogP contribution in [0.15, 0.2) is 0 Å². The third-order valence-corrected chi connectivity index (χ3v) is 3.73. The summed E-state index contributed by atoms with van der Waals surface area (Å²) >= 11 is 0. The molecular formula is C13H28N2. The molecule has 0 radical (unpaired) electrons. The van der Waals surface area contributed by atoms with E-state index in [4.69, 9.17) is 5.73 Å². The van der Waals surface area contributed by atoms with Gasteiger partial charge < -0.3 is 5.73 Å². The molecule has 15 heavy (non-hydrogen) atoms. The summed E-state index contributed by atoms with van der Waals surface area (Å²) in [6.07, 6.45) is 3.75. The summed E-state index contributed by atoms with van der Waals surface area (Å²) in [7, 11) is 0. The molecule has 0 amide bonds. The molecule has 1 aliphatic heterocycles. The van der Waals surface area contributed by atoms with E-state index in [1.165, 1.54) is 19.4 Å². The summed E-state index contributed by atoms with van der Waals surface area (Å²) in [6.45, 7) is 12.7. The van der Waals surface area contributed by atoms with Crippen molar-refractivity contribution in [3.05, 3.63) is 0 Å². The quantitative estimate of drug-likeness (QED) is 0.779. The Bertz CT molecular complexity index is 195. The van der Waals surface area contributed by atoms with E-state index in [0.29, 0.717) is 18.1 Å². The minimum Gasteiger partial charge on any atom is -0.326 e. The Labute approximate surface area is 95.2 Å². The van der Waals surface area contributed by atoms with Crippen LogP contribution in [-0.2, 0) is 0 Å². The molecular weight excluding hydrogens is 184 g/mol. The van der Waals surface area contributed by atoms with Crippen molar-refractivity contribution in [1.82, 2.24) is 4.90 Å². The highest BCUT2D eigenvalue weighted by atomic mass is 15.2. The minimum atomic E-state index is 0.286. The highest BCUT2D eigenvalue weighted by molar-refractivity contribution is 4.94. The van der Waals surface area contributed by atoms with E-state index in [2.05, 4.69) is 39.5 Å². The third-order valence-electron chi connectivity index (χ3n) is 3.73. The molecule has 0 aliphatic carbocycles. The monoisotopic (exact) mass is 212 g/mol. The van der Waals surface area contributed by atoms with Crippen molar-refractivity contribution in [3.8, 4) is 0 Å². The Hall–Kier alpha value is -0.0800. The standard InChI is InChI=1S/C13H28N2/c1-6-11(14)12(13(3,4)5)15-9-7-8-10(15)2/h10-12H,6-9,14H2,1-5H3. The number of nitrogens with zero attached hydrogens (tertiary/aromatic N) is 1. The van der Waals surface area contributed by atoms with E-state index in [9.17, 15) is 0 Å². The van der Waals surface area contributed by atoms with Crippen LogP contribution in [0.3, 0.4) is 0 Å². The van der Waals surface area contributed by atoms with E-state index >= 15 is 0 Å². The molecule has 0 aromatic rings. The van der Waals surface area contributed by atoms with Gasteiger partial charge in [-0.05, 0) is 38.1 Å². The molecule has 90 valence electrons. The van der Waals surface area contributed by atoms with Gasteiger partial charge in [0.1, 0.15) is 0 Å². The number of likely N-dealkylation sites (tertiary alicyclic amines) is 1. The van der Waals surface area contributed by atoms with Gasteiger partial charge in [-0.1, -0.05) is 27.7 Å². The molecule has 0 saturated carbocycles. The van der Waals surface area contributed by atoms with Crippen molar-refractivity contribution in [2.45, 2.75) is 72.0 Å². The van der Waals surface area contributed by atoms with Crippen molar-refractivity contribution < 1.29 is 0 Å². The zero-order chi connectivity index (χ0) is 11.6. The van der Waals surface area contributed by atoms with Crippen LogP contribution >= 0.6 is 0 Å². The minimum absolute atomic E-state index is 0.286. The highest BCUT2D eigenvalue weighted by Gasteiger charge is 2.38. The summed E-state index contributed by atoms with van der Waals surface area (Å²) in [6, 6.07) is 1.55. The van der Waals surface area contributed by atoms with Gasteiger partial charge in [0.15, 0.2) is 0 Å². The van der Waals surface area contributed by atoms with Crippen LogP contribution in [0.4, 0.5) is 0 Å². The summed E-state index contributed by atoms with van der Waals surface area (Å²) in [5.41, 5.74) is 6.59. The van der Waals surface area contributed by atoms with Gasteiger partial charge in [0.2, 0.25) is 0 Å². The molecule has 0 aromatic heterocycles. The summed E-state index contributed by atoms with van der Waals surface area (Å²) in [4.78, 5) is 2.63. The maximum Gasteiger partial charge on any atom is 0.0298 e. The van der Waals surface area contributed by atoms with Gasteiger partial charge in [0.25, 0.3) is 0 Å². The van der Waals surface area contributed by atoms with Crippen LogP contribution in [0.2, 0.25) is 0 Å². The van der Waals surface area contributed by atoms with Crippen LogP contribution in [0.25, 0.3) is 0 Å². The summed E-state index contributed by atoms with van der Waals surface area (Å²) in [5, 5.41) is 0. The first-order valence-electron chi connectivity index (χ1n) is 6.39. The van der Waals surface area contributed by atoms with Gasteiger partial charge in [0, 0.05) is 18.1 Å². The lowest BCUT2D eigenvalue weighted by Gasteiger charge is -2.43. The van der Waals surface area contributed by atoms with Crippen LogP contribution in [0.5, 0.6) is 0 Å². The van der Waals surface area contributed by atoms with Gasteiger partial charge in [-0.3, -0.25) is 4.90 Å². The van der Waals surface area contributed by atoms with Gasteiger partial charge in [-0.2, -0.15) is 0 Å². The Kier molecular flexibility index (Phi) is 4.19. The van der Waals surface area contributed by atoms with Crippen LogP contribution in [-0.4, -0.2) is 29.6 Å². The highest BCUT2D eigenvalue weighted by Crippen LogP contribution is 2.32. The van der Waals surface area contributed by atoms with Crippen molar-refractivity contribution in [1.29, 1.82) is 0 Å². The predicted molar refractivity (Wildman–Crippen MR) is 66.9 cm³/mol. The van der Waals surface area contributed by atoms with Gasteiger partial charge >= 0.3 is 0 Å². The predicted octanol–water partition coefficient (Wildman–Crippen LogP) is 2.62. The zero-order valence-electron chi connectivity index (χ0n) is 11.1. The lowest BCUT2D eigenvalue weighted by molar-refractivity contribution is 0.0710. The molecule has 1 saturated heterocycles. The molecule has 0 aromatic carbocycles. The molecule has 2 nitrogen and oxygen atoms in total. The number of nitrogens with two attached hydrogens (primary N) is 1. The van der Waals surface area contributed by atoms with E-state index in [1.54, 1.807) is 0 Å². The second kappa shape index (κ2) is 4.84. The number of rotatable bonds is 3. The Morgan fingerprint density at radius 1 is 1.40 bits per heavy atom. The first kappa shape index (κ1) is 13.0. The SMILES string of the molecule is CCC(N)C(N1CCCC1C)C(C)(C)C. The normalized spacial score (nSPS) is 28.0. The number of hydrogen-bond acceptors (Lipinski definition) is 2. The van der Waals surface area contributed by atoms with Gasteiger partial charge in [-0.15, -0.1) is 0 Å². The number of hydrogen-bond donors (Lipinski definition) is 1. The van der Waals surface area contributed by atoms with Crippen molar-refractivity contribution in [2.75, 3.05) is 6.54 Å². The summed E-state index contributed by atoms with van der Waals surface area (Å²) in [5.74, 6) is 0. The molecule has 3 unspecified atom stereocenters. The smallest absolute Gasteiger partial charge is 0.0298 e. The molecule has 2 N–H and O–H groups in total. The van der Waals surface area contributed by atoms with Crippen molar-refractivity contribution in [2.24, 2.45) is 11.1 Å². The zero-order valence-corrected chi connectivity index (χ0v) is 11.1. The van der Waals surface area contributed by atoms with E-state index in [1.807, 2.05) is 0 Å². The molecule has 1 rings (SSSR count). The average Bonchev–Trinajstić information content (AvgIpc) is 2.50. The fourth-order valence-electron chi connectivity index (χ4n) is 2.98. The molecule has 1 fully saturated rings. The summed E-state index contributed by atoms with van der Waals surface area (Å²) < 4.78 is 0. The van der Waals surface area contributed by atoms with Gasteiger partial charge in [-0.25, -0.2) is 0 Å². The lowest BCUT2D eigenvalue weighted by atomic mass is 9.80. The Morgan fingerprint density at radius 3 is 2.33 bits per heavy atom. The second-order valence-electron chi connectivity index (χ2n) is 6.11. The third kappa shape index (κ3) is 2.94. The maximum atomic E-state index is 6.30. The lowest BCUT2D eigenvalue weighted by Crippen LogP contribution is -2.55. The van der Waals surface area contributed by atoms with E-state index < -0.39 is 0 Å². The Balaban J connectivity index is 2.80. The molecule has 0 bridgehead atoms. The Morgan fingerprint density at radius 2 is 2.00 bits per heavy atom. The van der Waals surface area contributed by atoms with Gasteiger partial charge in [0.05, 0.1) is 0 Å². The second-order valence-corrected chi connectivity index (χ2v) is 6.11. The van der Waals surface area contributed by atoms with Crippen LogP contribution in [0.1, 0.15) is 53.9 Å². The molecule has 0 spiro atoms. The van der Waals surface area contributed by atoms with Crippen LogP contribution < -0.4 is 5.73 Å². The molecule has 2 heteroatoms. The molecule has 1 heterocycles. The average molecular weight is 212 g/mol. The van der Waals surface area contributed by atoms with E-state index in [-0.39, 0.29) is 5.41 Å². The fraction of sp³-hybridized carbons (Fsp3) is 1.00. The first-order valence-corrected chi connectivity index (χ1v) is 6.39. The molecule has 3 atom stereocenters. The molecule has 1 aliphatic rings. The topological polar surface area (TPSA) is 29.3 Å². The van der Waals surface area contributed by atoms with Crippen LogP contribution in [0, 0.1) is 5.41 Å².